The first-order valence-electron chi connectivity index (χ1n) is 7.86. The molecule has 0 spiro atoms. The predicted molar refractivity (Wildman–Crippen MR) is 76.5 cm³/mol. The van der Waals surface area contributed by atoms with Crippen LogP contribution in [0.4, 0.5) is 17.6 Å². The molecule has 1 aromatic heterocycles. The number of carbonyl (C=O) groups excluding carboxylic acids is 1. The van der Waals surface area contributed by atoms with Crippen LogP contribution in [0.25, 0.3) is 0 Å². The Labute approximate surface area is 132 Å². The van der Waals surface area contributed by atoms with Crippen molar-refractivity contribution in [1.82, 2.24) is 15.1 Å². The predicted octanol–water partition coefficient (Wildman–Crippen LogP) is 4.16. The highest BCUT2D eigenvalue weighted by molar-refractivity contribution is 5.80. The van der Waals surface area contributed by atoms with Gasteiger partial charge in [0.25, 0.3) is 12.9 Å². The summed E-state index contributed by atoms with van der Waals surface area (Å²) in [5.74, 6) is -0.470. The van der Waals surface area contributed by atoms with Gasteiger partial charge < -0.3 is 5.32 Å². The van der Waals surface area contributed by atoms with Gasteiger partial charge in [0.15, 0.2) is 0 Å². The van der Waals surface area contributed by atoms with Gasteiger partial charge in [0.05, 0.1) is 0 Å². The van der Waals surface area contributed by atoms with Crippen molar-refractivity contribution in [2.24, 2.45) is 0 Å². The molecule has 1 N–H and O–H groups in total. The van der Waals surface area contributed by atoms with E-state index in [0.717, 1.165) is 38.5 Å². The van der Waals surface area contributed by atoms with Crippen molar-refractivity contribution in [2.45, 2.75) is 70.4 Å². The smallest absolute Gasteiger partial charge is 0.282 e. The number of amides is 1. The van der Waals surface area contributed by atoms with Crippen LogP contribution >= 0.6 is 0 Å². The van der Waals surface area contributed by atoms with Crippen molar-refractivity contribution in [1.29, 1.82) is 0 Å². The molecule has 1 fully saturated rings. The lowest BCUT2D eigenvalue weighted by Crippen LogP contribution is -2.39. The fourth-order valence-corrected chi connectivity index (χ4v) is 2.87. The Bertz CT molecular complexity index is 525. The fourth-order valence-electron chi connectivity index (χ4n) is 2.87. The third-order valence-electron chi connectivity index (χ3n) is 4.18. The highest BCUT2D eigenvalue weighted by Gasteiger charge is 2.28. The first-order valence-corrected chi connectivity index (χ1v) is 7.86. The van der Waals surface area contributed by atoms with Gasteiger partial charge in [0, 0.05) is 6.04 Å². The van der Waals surface area contributed by atoms with E-state index in [9.17, 15) is 22.4 Å². The highest BCUT2D eigenvalue weighted by atomic mass is 19.3. The Morgan fingerprint density at radius 3 is 2.30 bits per heavy atom. The monoisotopic (exact) mass is 335 g/mol. The summed E-state index contributed by atoms with van der Waals surface area (Å²) < 4.78 is 52.1. The first kappa shape index (κ1) is 17.7. The molecule has 0 bridgehead atoms. The van der Waals surface area contributed by atoms with Gasteiger partial charge in [-0.2, -0.15) is 5.10 Å². The van der Waals surface area contributed by atoms with E-state index in [0.29, 0.717) is 10.7 Å². The Hall–Kier alpha value is -1.60. The van der Waals surface area contributed by atoms with E-state index in [1.165, 1.54) is 6.92 Å². The molecule has 0 aliphatic heterocycles. The summed E-state index contributed by atoms with van der Waals surface area (Å²) in [6.45, 7) is 1.39. The van der Waals surface area contributed by atoms with E-state index in [1.54, 1.807) is 0 Å². The SMILES string of the molecule is CC(C(=O)NC1CCCCCC1)n1nc(C(F)F)cc1C(F)F. The van der Waals surface area contributed by atoms with E-state index >= 15 is 0 Å². The standard InChI is InChI=1S/C15H21F4N3O/c1-9(15(23)20-10-6-4-2-3-5-7-10)22-12(14(18)19)8-11(21-22)13(16)17/h8-10,13-14H,2-7H2,1H3,(H,20,23). The minimum atomic E-state index is -2.97. The maximum Gasteiger partial charge on any atom is 0.282 e. The van der Waals surface area contributed by atoms with Crippen LogP contribution in [-0.2, 0) is 4.79 Å². The molecular formula is C15H21F4N3O. The molecule has 8 heteroatoms. The molecule has 130 valence electrons. The van der Waals surface area contributed by atoms with Gasteiger partial charge in [-0.1, -0.05) is 25.7 Å². The highest BCUT2D eigenvalue weighted by Crippen LogP contribution is 2.27. The van der Waals surface area contributed by atoms with Crippen LogP contribution in [0.1, 0.15) is 75.7 Å². The second-order valence-corrected chi connectivity index (χ2v) is 5.91. The molecule has 0 aromatic carbocycles. The number of aromatic nitrogens is 2. The number of rotatable bonds is 5. The molecule has 4 nitrogen and oxygen atoms in total. The van der Waals surface area contributed by atoms with Gasteiger partial charge >= 0.3 is 0 Å². The third-order valence-corrected chi connectivity index (χ3v) is 4.18. The van der Waals surface area contributed by atoms with Gasteiger partial charge in [-0.15, -0.1) is 0 Å². The number of hydrogen-bond acceptors (Lipinski definition) is 2. The van der Waals surface area contributed by atoms with Crippen LogP contribution in [0.5, 0.6) is 0 Å². The molecule has 0 radical (unpaired) electrons. The molecule has 1 atom stereocenters. The summed E-state index contributed by atoms with van der Waals surface area (Å²) >= 11 is 0. The number of hydrogen-bond donors (Lipinski definition) is 1. The number of nitrogens with one attached hydrogen (secondary N) is 1. The minimum absolute atomic E-state index is 0.00702. The second-order valence-electron chi connectivity index (χ2n) is 5.91. The van der Waals surface area contributed by atoms with E-state index in [2.05, 4.69) is 10.4 Å². The van der Waals surface area contributed by atoms with Crippen LogP contribution in [0.3, 0.4) is 0 Å². The lowest BCUT2D eigenvalue weighted by Gasteiger charge is -2.20. The summed E-state index contributed by atoms with van der Waals surface area (Å²) in [4.78, 5) is 12.3. The van der Waals surface area contributed by atoms with Gasteiger partial charge in [-0.25, -0.2) is 17.6 Å². The number of carbonyl (C=O) groups is 1. The molecule has 1 aliphatic carbocycles. The topological polar surface area (TPSA) is 46.9 Å². The van der Waals surface area contributed by atoms with Gasteiger partial charge in [0.2, 0.25) is 5.91 Å². The molecule has 1 aliphatic rings. The molecule has 1 heterocycles. The zero-order valence-electron chi connectivity index (χ0n) is 12.9. The van der Waals surface area contributed by atoms with Gasteiger partial charge in [-0.3, -0.25) is 9.48 Å². The average molecular weight is 335 g/mol. The Balaban J connectivity index is 2.11. The van der Waals surface area contributed by atoms with Crippen LogP contribution in [-0.4, -0.2) is 21.7 Å². The lowest BCUT2D eigenvalue weighted by atomic mass is 10.1. The van der Waals surface area contributed by atoms with E-state index in [4.69, 9.17) is 0 Å². The Morgan fingerprint density at radius 1 is 1.17 bits per heavy atom. The Kier molecular flexibility index (Phi) is 6.01. The first-order chi connectivity index (χ1) is 10.9. The van der Waals surface area contributed by atoms with Crippen LogP contribution < -0.4 is 5.32 Å². The maximum absolute atomic E-state index is 13.0. The zero-order valence-corrected chi connectivity index (χ0v) is 12.9. The molecular weight excluding hydrogens is 314 g/mol. The maximum atomic E-state index is 13.0. The normalized spacial score (nSPS) is 18.2. The molecule has 1 amide bonds. The number of halogens is 4. The largest absolute Gasteiger partial charge is 0.352 e. The summed E-state index contributed by atoms with van der Waals surface area (Å²) in [6, 6.07) is -0.396. The van der Waals surface area contributed by atoms with Crippen molar-refractivity contribution in [2.75, 3.05) is 0 Å². The van der Waals surface area contributed by atoms with E-state index in [-0.39, 0.29) is 6.04 Å². The summed E-state index contributed by atoms with van der Waals surface area (Å²) in [5.41, 5.74) is -1.40. The van der Waals surface area contributed by atoms with Crippen molar-refractivity contribution >= 4 is 5.91 Å². The fraction of sp³-hybridized carbons (Fsp3) is 0.733. The number of nitrogens with zero attached hydrogens (tertiary/aromatic N) is 2. The molecule has 0 saturated heterocycles. The quantitative estimate of drug-likeness (QED) is 0.649. The lowest BCUT2D eigenvalue weighted by molar-refractivity contribution is -0.125. The average Bonchev–Trinajstić information content (AvgIpc) is 2.80. The van der Waals surface area contributed by atoms with E-state index in [1.807, 2.05) is 0 Å². The Morgan fingerprint density at radius 2 is 1.78 bits per heavy atom. The minimum Gasteiger partial charge on any atom is -0.352 e. The summed E-state index contributed by atoms with van der Waals surface area (Å²) in [6.07, 6.45) is 0.0397. The van der Waals surface area contributed by atoms with Crippen LogP contribution in [0, 0.1) is 0 Å². The van der Waals surface area contributed by atoms with Crippen molar-refractivity contribution in [3.05, 3.63) is 17.5 Å². The van der Waals surface area contributed by atoms with Crippen molar-refractivity contribution in [3.63, 3.8) is 0 Å². The molecule has 1 unspecified atom stereocenters. The summed E-state index contributed by atoms with van der Waals surface area (Å²) in [7, 11) is 0. The zero-order chi connectivity index (χ0) is 17.0. The summed E-state index contributed by atoms with van der Waals surface area (Å²) in [5, 5.41) is 6.32. The molecule has 23 heavy (non-hydrogen) atoms. The molecule has 1 aromatic rings. The van der Waals surface area contributed by atoms with Gasteiger partial charge in [0.1, 0.15) is 17.4 Å². The van der Waals surface area contributed by atoms with Gasteiger partial charge in [-0.05, 0) is 25.8 Å². The van der Waals surface area contributed by atoms with Crippen LogP contribution in [0.15, 0.2) is 6.07 Å². The molecule has 2 rings (SSSR count). The van der Waals surface area contributed by atoms with Crippen LogP contribution in [0.2, 0.25) is 0 Å². The molecule has 1 saturated carbocycles. The van der Waals surface area contributed by atoms with Crippen molar-refractivity contribution in [3.8, 4) is 0 Å². The van der Waals surface area contributed by atoms with Crippen molar-refractivity contribution < 1.29 is 22.4 Å². The third kappa shape index (κ3) is 4.45. The second kappa shape index (κ2) is 7.79. The number of alkyl halides is 4. The van der Waals surface area contributed by atoms with E-state index < -0.39 is 36.2 Å².